The first-order valence-electron chi connectivity index (χ1n) is 6.01. The Kier molecular flexibility index (Phi) is 7.70. The highest BCUT2D eigenvalue weighted by Gasteiger charge is 2.42. The van der Waals surface area contributed by atoms with Crippen LogP contribution in [0.5, 0.6) is 0 Å². The van der Waals surface area contributed by atoms with Gasteiger partial charge in [0.1, 0.15) is 0 Å². The maximum absolute atomic E-state index is 11.8. The summed E-state index contributed by atoms with van der Waals surface area (Å²) in [6, 6.07) is 1.31. The van der Waals surface area contributed by atoms with E-state index in [1.165, 1.54) is 0 Å². The summed E-state index contributed by atoms with van der Waals surface area (Å²) in [6.45, 7) is 11.2. The van der Waals surface area contributed by atoms with Crippen molar-refractivity contribution < 1.29 is 18.1 Å². The van der Waals surface area contributed by atoms with E-state index in [2.05, 4.69) is 0 Å². The molecule has 6 heteroatoms. The molecule has 0 aliphatic heterocycles. The lowest BCUT2D eigenvalue weighted by Gasteiger charge is -2.29. The second kappa shape index (κ2) is 7.57. The highest BCUT2D eigenvalue weighted by atomic mass is 28.4. The molecule has 0 N–H and O–H groups in total. The number of hydrogen-bond donors (Lipinski definition) is 0. The Labute approximate surface area is 101 Å². The SMILES string of the molecule is CCO[Si](CC[Si](C)(C)[O])(OCC)OCC. The fraction of sp³-hybridized carbons (Fsp3) is 1.00. The first kappa shape index (κ1) is 16.3. The van der Waals surface area contributed by atoms with Gasteiger partial charge in [0.25, 0.3) is 0 Å². The van der Waals surface area contributed by atoms with E-state index in [9.17, 15) is 4.80 Å². The molecule has 0 saturated carbocycles. The zero-order valence-corrected chi connectivity index (χ0v) is 13.2. The van der Waals surface area contributed by atoms with Gasteiger partial charge in [-0.15, -0.1) is 0 Å². The van der Waals surface area contributed by atoms with Gasteiger partial charge in [0.15, 0.2) is 0 Å². The van der Waals surface area contributed by atoms with Gasteiger partial charge in [-0.05, 0) is 39.9 Å². The van der Waals surface area contributed by atoms with Gasteiger partial charge in [-0.2, -0.15) is 0 Å². The lowest BCUT2D eigenvalue weighted by Crippen LogP contribution is -2.47. The molecule has 0 bridgehead atoms. The van der Waals surface area contributed by atoms with Crippen molar-refractivity contribution in [2.45, 2.75) is 46.0 Å². The van der Waals surface area contributed by atoms with E-state index in [-0.39, 0.29) is 0 Å². The number of hydrogen-bond acceptors (Lipinski definition) is 3. The molecule has 0 aromatic carbocycles. The van der Waals surface area contributed by atoms with Crippen LogP contribution in [0.4, 0.5) is 0 Å². The molecule has 0 unspecified atom stereocenters. The molecule has 0 heterocycles. The molecule has 0 aromatic heterocycles. The van der Waals surface area contributed by atoms with Crippen LogP contribution in [0.25, 0.3) is 0 Å². The van der Waals surface area contributed by atoms with Crippen molar-refractivity contribution in [2.75, 3.05) is 19.8 Å². The predicted octanol–water partition coefficient (Wildman–Crippen LogP) is 2.67. The van der Waals surface area contributed by atoms with E-state index < -0.39 is 17.1 Å². The molecule has 4 nitrogen and oxygen atoms in total. The fourth-order valence-corrected chi connectivity index (χ4v) is 7.09. The zero-order valence-electron chi connectivity index (χ0n) is 11.2. The molecule has 0 atom stereocenters. The van der Waals surface area contributed by atoms with Crippen molar-refractivity contribution in [1.29, 1.82) is 0 Å². The fourth-order valence-electron chi connectivity index (χ4n) is 1.46. The molecular weight excluding hydrogens is 240 g/mol. The van der Waals surface area contributed by atoms with Crippen molar-refractivity contribution in [2.24, 2.45) is 0 Å². The molecular formula is C10H25O4Si2. The molecule has 0 aliphatic carbocycles. The summed E-state index contributed by atoms with van der Waals surface area (Å²) in [5.41, 5.74) is 0. The van der Waals surface area contributed by atoms with E-state index in [0.717, 1.165) is 0 Å². The topological polar surface area (TPSA) is 47.6 Å². The maximum Gasteiger partial charge on any atom is 0.500 e. The Balaban J connectivity index is 4.46. The standard InChI is InChI=1S/C10H25O4Si2/c1-6-12-16(13-7-2,14-8-3)10-9-15(4,5)11/h6-10H2,1-5H3. The summed E-state index contributed by atoms with van der Waals surface area (Å²) in [5.74, 6) is 0. The van der Waals surface area contributed by atoms with Gasteiger partial charge in [0, 0.05) is 25.9 Å². The van der Waals surface area contributed by atoms with E-state index in [4.69, 9.17) is 13.3 Å². The Morgan fingerprint density at radius 3 is 1.44 bits per heavy atom. The van der Waals surface area contributed by atoms with Crippen molar-refractivity contribution in [1.82, 2.24) is 0 Å². The summed E-state index contributed by atoms with van der Waals surface area (Å²) in [6.07, 6.45) is 0. The van der Waals surface area contributed by atoms with Crippen LogP contribution in [-0.4, -0.2) is 36.9 Å². The smallest absolute Gasteiger partial charge is 0.374 e. The predicted molar refractivity (Wildman–Crippen MR) is 68.4 cm³/mol. The second-order valence-corrected chi connectivity index (χ2v) is 11.0. The second-order valence-electron chi connectivity index (χ2n) is 4.24. The molecule has 16 heavy (non-hydrogen) atoms. The average molecular weight is 265 g/mol. The van der Waals surface area contributed by atoms with Crippen LogP contribution in [0.15, 0.2) is 0 Å². The van der Waals surface area contributed by atoms with Gasteiger partial charge in [0.2, 0.25) is 8.32 Å². The van der Waals surface area contributed by atoms with E-state index in [1.54, 1.807) is 0 Å². The molecule has 0 spiro atoms. The normalized spacial score (nSPS) is 13.1. The van der Waals surface area contributed by atoms with Crippen molar-refractivity contribution in [3.8, 4) is 0 Å². The molecule has 0 amide bonds. The molecule has 0 saturated heterocycles. The largest absolute Gasteiger partial charge is 0.500 e. The van der Waals surface area contributed by atoms with Gasteiger partial charge in [-0.3, -0.25) is 4.80 Å². The zero-order chi connectivity index (χ0) is 12.7. The van der Waals surface area contributed by atoms with Gasteiger partial charge in [0.05, 0.1) is 0 Å². The van der Waals surface area contributed by atoms with Crippen molar-refractivity contribution in [3.05, 3.63) is 0 Å². The van der Waals surface area contributed by atoms with Crippen LogP contribution in [0.1, 0.15) is 20.8 Å². The highest BCUT2D eigenvalue weighted by Crippen LogP contribution is 2.22. The average Bonchev–Trinajstić information content (AvgIpc) is 2.15. The van der Waals surface area contributed by atoms with E-state index >= 15 is 0 Å². The van der Waals surface area contributed by atoms with Crippen LogP contribution in [0.3, 0.4) is 0 Å². The summed E-state index contributed by atoms with van der Waals surface area (Å²) in [7, 11) is -4.88. The van der Waals surface area contributed by atoms with Gasteiger partial charge in [-0.25, -0.2) is 0 Å². The third-order valence-corrected chi connectivity index (χ3v) is 7.13. The van der Waals surface area contributed by atoms with Crippen LogP contribution in [0.2, 0.25) is 25.2 Å². The minimum atomic E-state index is -2.57. The summed E-state index contributed by atoms with van der Waals surface area (Å²) >= 11 is 0. The Morgan fingerprint density at radius 1 is 0.812 bits per heavy atom. The van der Waals surface area contributed by atoms with Crippen LogP contribution < -0.4 is 0 Å². The lowest BCUT2D eigenvalue weighted by molar-refractivity contribution is 0.0722. The van der Waals surface area contributed by atoms with Gasteiger partial charge >= 0.3 is 8.80 Å². The van der Waals surface area contributed by atoms with Gasteiger partial charge in [-0.1, -0.05) is 0 Å². The van der Waals surface area contributed by atoms with Gasteiger partial charge < -0.3 is 13.3 Å². The Hall–Kier alpha value is 0.274. The minimum absolute atomic E-state index is 0.576. The highest BCUT2D eigenvalue weighted by molar-refractivity contribution is 6.72. The minimum Gasteiger partial charge on any atom is -0.374 e. The van der Waals surface area contributed by atoms with E-state index in [0.29, 0.717) is 31.9 Å². The summed E-state index contributed by atoms with van der Waals surface area (Å²) in [4.78, 5) is 11.8. The molecule has 0 aliphatic rings. The first-order valence-corrected chi connectivity index (χ1v) is 11.1. The third kappa shape index (κ3) is 6.77. The lowest BCUT2D eigenvalue weighted by atomic mass is 10.9. The van der Waals surface area contributed by atoms with Crippen LogP contribution >= 0.6 is 0 Å². The Bertz CT molecular complexity index is 165. The molecule has 97 valence electrons. The molecule has 1 radical (unpaired) electrons. The van der Waals surface area contributed by atoms with Crippen molar-refractivity contribution >= 4 is 17.1 Å². The summed E-state index contributed by atoms with van der Waals surface area (Å²) in [5, 5.41) is 0. The quantitative estimate of drug-likeness (QED) is 0.602. The Morgan fingerprint density at radius 2 is 1.19 bits per heavy atom. The maximum atomic E-state index is 11.8. The molecule has 0 rings (SSSR count). The molecule has 0 fully saturated rings. The van der Waals surface area contributed by atoms with Crippen LogP contribution in [0, 0.1) is 0 Å². The summed E-state index contributed by atoms with van der Waals surface area (Å²) < 4.78 is 17.1. The number of rotatable bonds is 9. The third-order valence-electron chi connectivity index (χ3n) is 2.13. The molecule has 0 aromatic rings. The van der Waals surface area contributed by atoms with E-state index in [1.807, 2.05) is 33.9 Å². The first-order chi connectivity index (χ1) is 7.39. The monoisotopic (exact) mass is 265 g/mol. The van der Waals surface area contributed by atoms with Crippen LogP contribution in [-0.2, 0) is 18.1 Å². The van der Waals surface area contributed by atoms with Crippen molar-refractivity contribution in [3.63, 3.8) is 0 Å².